The Hall–Kier alpha value is -1.62. The summed E-state index contributed by atoms with van der Waals surface area (Å²) in [5, 5.41) is 14.6. The first-order chi connectivity index (χ1) is 9.59. The van der Waals surface area contributed by atoms with Crippen molar-refractivity contribution in [3.8, 4) is 0 Å². The first-order valence-corrected chi connectivity index (χ1v) is 7.30. The van der Waals surface area contributed by atoms with Gasteiger partial charge in [0.05, 0.1) is 4.92 Å². The Kier molecular flexibility index (Phi) is 4.95. The van der Waals surface area contributed by atoms with E-state index in [1.165, 1.54) is 0 Å². The van der Waals surface area contributed by atoms with Gasteiger partial charge in [-0.2, -0.15) is 0 Å². The minimum Gasteiger partial charge on any atom is -0.363 e. The van der Waals surface area contributed by atoms with Gasteiger partial charge < -0.3 is 10.2 Å². The van der Waals surface area contributed by atoms with Gasteiger partial charge in [0.2, 0.25) is 0 Å². The van der Waals surface area contributed by atoms with E-state index in [9.17, 15) is 10.1 Å². The molecule has 1 heterocycles. The molecule has 1 aromatic rings. The summed E-state index contributed by atoms with van der Waals surface area (Å²) < 4.78 is 0. The van der Waals surface area contributed by atoms with E-state index in [1.54, 1.807) is 12.1 Å². The van der Waals surface area contributed by atoms with Crippen LogP contribution in [0.2, 0.25) is 0 Å². The summed E-state index contributed by atoms with van der Waals surface area (Å²) in [6.07, 6.45) is 2.29. The van der Waals surface area contributed by atoms with E-state index >= 15 is 0 Å². The van der Waals surface area contributed by atoms with Crippen LogP contribution in [-0.2, 0) is 0 Å². The lowest BCUT2D eigenvalue weighted by Crippen LogP contribution is -2.39. The summed E-state index contributed by atoms with van der Waals surface area (Å²) >= 11 is 0. The van der Waals surface area contributed by atoms with Crippen LogP contribution in [-0.4, -0.2) is 30.6 Å². The molecule has 5 nitrogen and oxygen atoms in total. The lowest BCUT2D eigenvalue weighted by molar-refractivity contribution is -0.384. The van der Waals surface area contributed by atoms with Gasteiger partial charge in [-0.25, -0.2) is 0 Å². The van der Waals surface area contributed by atoms with E-state index in [4.69, 9.17) is 0 Å². The Morgan fingerprint density at radius 3 is 2.60 bits per heavy atom. The molecule has 0 amide bonds. The highest BCUT2D eigenvalue weighted by Crippen LogP contribution is 2.30. The Morgan fingerprint density at radius 1 is 1.35 bits per heavy atom. The quantitative estimate of drug-likeness (QED) is 0.664. The van der Waals surface area contributed by atoms with Gasteiger partial charge in [-0.3, -0.25) is 10.1 Å². The molecular weight excluding hydrogens is 254 g/mol. The molecule has 1 fully saturated rings. The second-order valence-electron chi connectivity index (χ2n) is 5.69. The largest absolute Gasteiger partial charge is 0.363 e. The number of hydrogen-bond acceptors (Lipinski definition) is 4. The van der Waals surface area contributed by atoms with Crippen LogP contribution in [0.25, 0.3) is 0 Å². The first-order valence-electron chi connectivity index (χ1n) is 7.30. The number of nitrogens with zero attached hydrogens (tertiary/aromatic N) is 2. The predicted octanol–water partition coefficient (Wildman–Crippen LogP) is 2.81. The molecule has 20 heavy (non-hydrogen) atoms. The third-order valence-electron chi connectivity index (χ3n) is 3.92. The van der Waals surface area contributed by atoms with Gasteiger partial charge in [-0.15, -0.1) is 0 Å². The lowest BCUT2D eigenvalue weighted by atomic mass is 9.96. The van der Waals surface area contributed by atoms with Crippen LogP contribution in [0.4, 0.5) is 11.4 Å². The maximum absolute atomic E-state index is 11.2. The molecule has 0 aromatic heterocycles. The average molecular weight is 277 g/mol. The van der Waals surface area contributed by atoms with Crippen LogP contribution in [0.5, 0.6) is 0 Å². The van der Waals surface area contributed by atoms with E-state index in [2.05, 4.69) is 24.1 Å². The number of piperidine rings is 1. The Labute approximate surface area is 120 Å². The molecule has 0 saturated carbocycles. The van der Waals surface area contributed by atoms with E-state index in [0.29, 0.717) is 5.92 Å². The number of nitrogens with one attached hydrogen (secondary N) is 1. The van der Waals surface area contributed by atoms with Crippen molar-refractivity contribution in [3.05, 3.63) is 34.4 Å². The van der Waals surface area contributed by atoms with Gasteiger partial charge in [0.25, 0.3) is 5.69 Å². The SMILES string of the molecule is CC(C)N(CC1CCNCC1)c1ccccc1[N+](=O)[O-]. The van der Waals surface area contributed by atoms with Gasteiger partial charge in [0, 0.05) is 18.7 Å². The molecule has 2 rings (SSSR count). The smallest absolute Gasteiger partial charge is 0.292 e. The summed E-state index contributed by atoms with van der Waals surface area (Å²) in [6.45, 7) is 7.18. The van der Waals surface area contributed by atoms with Crippen LogP contribution in [0.15, 0.2) is 24.3 Å². The van der Waals surface area contributed by atoms with Crippen molar-refractivity contribution in [1.82, 2.24) is 5.32 Å². The zero-order chi connectivity index (χ0) is 14.5. The Balaban J connectivity index is 2.21. The number of rotatable bonds is 5. The molecule has 0 radical (unpaired) electrons. The number of anilines is 1. The third kappa shape index (κ3) is 3.48. The number of benzene rings is 1. The Morgan fingerprint density at radius 2 is 2.00 bits per heavy atom. The highest BCUT2D eigenvalue weighted by atomic mass is 16.6. The fourth-order valence-corrected chi connectivity index (χ4v) is 2.79. The molecular formula is C15H23N3O2. The van der Waals surface area contributed by atoms with Gasteiger partial charge in [0.15, 0.2) is 0 Å². The van der Waals surface area contributed by atoms with Gasteiger partial charge in [-0.05, 0) is 51.8 Å². The van der Waals surface area contributed by atoms with E-state index < -0.39 is 0 Å². The fourth-order valence-electron chi connectivity index (χ4n) is 2.79. The van der Waals surface area contributed by atoms with E-state index in [1.807, 2.05) is 12.1 Å². The second-order valence-corrected chi connectivity index (χ2v) is 5.69. The Bertz CT molecular complexity index is 456. The van der Waals surface area contributed by atoms with E-state index in [-0.39, 0.29) is 16.7 Å². The zero-order valence-corrected chi connectivity index (χ0v) is 12.2. The maximum atomic E-state index is 11.2. The first kappa shape index (κ1) is 14.8. The number of nitro benzene ring substituents is 1. The molecule has 0 atom stereocenters. The zero-order valence-electron chi connectivity index (χ0n) is 12.2. The standard InChI is InChI=1S/C15H23N3O2/c1-12(2)17(11-13-7-9-16-10-8-13)14-5-3-4-6-15(14)18(19)20/h3-6,12-13,16H,7-11H2,1-2H3. The average Bonchev–Trinajstić information content (AvgIpc) is 2.45. The summed E-state index contributed by atoms with van der Waals surface area (Å²) in [7, 11) is 0. The topological polar surface area (TPSA) is 58.4 Å². The molecule has 0 unspecified atom stereocenters. The second kappa shape index (κ2) is 6.70. The van der Waals surface area contributed by atoms with Crippen molar-refractivity contribution < 1.29 is 4.92 Å². The van der Waals surface area contributed by atoms with Gasteiger partial charge in [0.1, 0.15) is 5.69 Å². The van der Waals surface area contributed by atoms with Crippen molar-refractivity contribution in [1.29, 1.82) is 0 Å². The highest BCUT2D eigenvalue weighted by Gasteiger charge is 2.24. The number of nitro groups is 1. The van der Waals surface area contributed by atoms with Crippen molar-refractivity contribution in [2.75, 3.05) is 24.5 Å². The number of para-hydroxylation sites is 2. The van der Waals surface area contributed by atoms with Gasteiger partial charge in [-0.1, -0.05) is 12.1 Å². The van der Waals surface area contributed by atoms with Crippen molar-refractivity contribution >= 4 is 11.4 Å². The number of hydrogen-bond donors (Lipinski definition) is 1. The fraction of sp³-hybridized carbons (Fsp3) is 0.600. The van der Waals surface area contributed by atoms with Crippen LogP contribution in [0.3, 0.4) is 0 Å². The summed E-state index contributed by atoms with van der Waals surface area (Å²) in [5.41, 5.74) is 0.946. The van der Waals surface area contributed by atoms with Gasteiger partial charge >= 0.3 is 0 Å². The molecule has 0 bridgehead atoms. The predicted molar refractivity (Wildman–Crippen MR) is 81.2 cm³/mol. The van der Waals surface area contributed by atoms with Crippen molar-refractivity contribution in [2.24, 2.45) is 5.92 Å². The maximum Gasteiger partial charge on any atom is 0.292 e. The van der Waals surface area contributed by atoms with Crippen molar-refractivity contribution in [2.45, 2.75) is 32.7 Å². The molecule has 1 aliphatic heterocycles. The summed E-state index contributed by atoms with van der Waals surface area (Å²) in [5.74, 6) is 0.610. The van der Waals surface area contributed by atoms with Crippen LogP contribution >= 0.6 is 0 Å². The third-order valence-corrected chi connectivity index (χ3v) is 3.92. The lowest BCUT2D eigenvalue weighted by Gasteiger charge is -2.34. The van der Waals surface area contributed by atoms with Crippen LogP contribution in [0.1, 0.15) is 26.7 Å². The molecule has 1 saturated heterocycles. The monoisotopic (exact) mass is 277 g/mol. The van der Waals surface area contributed by atoms with Crippen LogP contribution in [0, 0.1) is 16.0 Å². The van der Waals surface area contributed by atoms with Crippen molar-refractivity contribution in [3.63, 3.8) is 0 Å². The molecule has 5 heteroatoms. The van der Waals surface area contributed by atoms with E-state index in [0.717, 1.165) is 38.2 Å². The highest BCUT2D eigenvalue weighted by molar-refractivity contribution is 5.63. The molecule has 110 valence electrons. The minimum atomic E-state index is -0.285. The molecule has 1 aromatic carbocycles. The minimum absolute atomic E-state index is 0.204. The summed E-state index contributed by atoms with van der Waals surface area (Å²) in [4.78, 5) is 13.1. The summed E-state index contributed by atoms with van der Waals surface area (Å²) in [6, 6.07) is 7.31. The molecule has 1 aliphatic rings. The van der Waals surface area contributed by atoms with Crippen LogP contribution < -0.4 is 10.2 Å². The molecule has 0 spiro atoms. The molecule has 1 N–H and O–H groups in total. The molecule has 0 aliphatic carbocycles. The normalized spacial score (nSPS) is 16.4.